The SMILES string of the molecule is CN=C(NCCc1ccc(OCC(=O)NC2CC2)cc1)NC1CCCC1. The third kappa shape index (κ3) is 6.24. The van der Waals surface area contributed by atoms with Gasteiger partial charge in [0, 0.05) is 25.7 Å². The number of guanidine groups is 1. The Morgan fingerprint density at radius 1 is 1.08 bits per heavy atom. The summed E-state index contributed by atoms with van der Waals surface area (Å²) >= 11 is 0. The molecule has 0 radical (unpaired) electrons. The zero-order valence-electron chi connectivity index (χ0n) is 15.6. The predicted molar refractivity (Wildman–Crippen MR) is 104 cm³/mol. The van der Waals surface area contributed by atoms with Gasteiger partial charge in [-0.05, 0) is 49.8 Å². The summed E-state index contributed by atoms with van der Waals surface area (Å²) in [4.78, 5) is 15.9. The maximum absolute atomic E-state index is 11.6. The van der Waals surface area contributed by atoms with Crippen LogP contribution in [0.15, 0.2) is 29.3 Å². The molecule has 0 saturated heterocycles. The molecule has 26 heavy (non-hydrogen) atoms. The van der Waals surface area contributed by atoms with Gasteiger partial charge in [-0.1, -0.05) is 25.0 Å². The minimum absolute atomic E-state index is 0.0399. The molecular weight excluding hydrogens is 328 g/mol. The highest BCUT2D eigenvalue weighted by Crippen LogP contribution is 2.19. The fourth-order valence-electron chi connectivity index (χ4n) is 3.18. The first-order valence-corrected chi connectivity index (χ1v) is 9.71. The molecule has 3 rings (SSSR count). The molecule has 2 saturated carbocycles. The summed E-state index contributed by atoms with van der Waals surface area (Å²) in [5, 5.41) is 9.78. The van der Waals surface area contributed by atoms with E-state index in [0.717, 1.165) is 37.5 Å². The molecule has 3 N–H and O–H groups in total. The number of carbonyl (C=O) groups is 1. The van der Waals surface area contributed by atoms with E-state index in [-0.39, 0.29) is 12.5 Å². The zero-order chi connectivity index (χ0) is 18.2. The second-order valence-corrected chi connectivity index (χ2v) is 7.15. The van der Waals surface area contributed by atoms with E-state index in [9.17, 15) is 4.79 Å². The van der Waals surface area contributed by atoms with E-state index in [1.807, 2.05) is 31.3 Å². The van der Waals surface area contributed by atoms with Gasteiger partial charge in [-0.3, -0.25) is 9.79 Å². The van der Waals surface area contributed by atoms with Crippen molar-refractivity contribution in [2.75, 3.05) is 20.2 Å². The van der Waals surface area contributed by atoms with Crippen LogP contribution >= 0.6 is 0 Å². The maximum Gasteiger partial charge on any atom is 0.258 e. The second-order valence-electron chi connectivity index (χ2n) is 7.15. The topological polar surface area (TPSA) is 74.8 Å². The Labute approximate surface area is 155 Å². The summed E-state index contributed by atoms with van der Waals surface area (Å²) in [6.07, 6.45) is 8.19. The van der Waals surface area contributed by atoms with Gasteiger partial charge in [-0.25, -0.2) is 0 Å². The average Bonchev–Trinajstić information content (AvgIpc) is 3.32. The summed E-state index contributed by atoms with van der Waals surface area (Å²) in [6, 6.07) is 8.87. The molecule has 0 heterocycles. The fourth-order valence-corrected chi connectivity index (χ4v) is 3.18. The molecule has 2 aliphatic carbocycles. The van der Waals surface area contributed by atoms with Crippen LogP contribution in [0.1, 0.15) is 44.1 Å². The van der Waals surface area contributed by atoms with Crippen LogP contribution in [0.5, 0.6) is 5.75 Å². The Morgan fingerprint density at radius 2 is 1.77 bits per heavy atom. The molecule has 0 aliphatic heterocycles. The van der Waals surface area contributed by atoms with Crippen LogP contribution in [0.25, 0.3) is 0 Å². The normalized spacial score (nSPS) is 17.8. The van der Waals surface area contributed by atoms with Gasteiger partial charge >= 0.3 is 0 Å². The van der Waals surface area contributed by atoms with E-state index in [4.69, 9.17) is 4.74 Å². The number of rotatable bonds is 8. The van der Waals surface area contributed by atoms with Crippen LogP contribution in [0, 0.1) is 0 Å². The molecular formula is C20H30N4O2. The highest BCUT2D eigenvalue weighted by atomic mass is 16.5. The van der Waals surface area contributed by atoms with Gasteiger partial charge in [0.05, 0.1) is 0 Å². The second kappa shape index (κ2) is 9.46. The lowest BCUT2D eigenvalue weighted by Crippen LogP contribution is -2.42. The Balaban J connectivity index is 1.34. The largest absolute Gasteiger partial charge is 0.484 e. The van der Waals surface area contributed by atoms with Crippen molar-refractivity contribution in [1.82, 2.24) is 16.0 Å². The first-order chi connectivity index (χ1) is 12.7. The number of hydrogen-bond acceptors (Lipinski definition) is 3. The first-order valence-electron chi connectivity index (χ1n) is 9.71. The molecule has 1 aromatic rings. The lowest BCUT2D eigenvalue weighted by atomic mass is 10.1. The van der Waals surface area contributed by atoms with Crippen molar-refractivity contribution >= 4 is 11.9 Å². The smallest absolute Gasteiger partial charge is 0.258 e. The van der Waals surface area contributed by atoms with Gasteiger partial charge in [-0.2, -0.15) is 0 Å². The lowest BCUT2D eigenvalue weighted by Gasteiger charge is -2.16. The number of nitrogens with one attached hydrogen (secondary N) is 3. The maximum atomic E-state index is 11.6. The van der Waals surface area contributed by atoms with Gasteiger partial charge in [-0.15, -0.1) is 0 Å². The number of amides is 1. The Kier molecular flexibility index (Phi) is 6.75. The summed E-state index contributed by atoms with van der Waals surface area (Å²) in [6.45, 7) is 0.914. The van der Waals surface area contributed by atoms with E-state index >= 15 is 0 Å². The monoisotopic (exact) mass is 358 g/mol. The third-order valence-corrected chi connectivity index (χ3v) is 4.86. The molecule has 1 aromatic carbocycles. The van der Waals surface area contributed by atoms with Crippen molar-refractivity contribution in [3.63, 3.8) is 0 Å². The lowest BCUT2D eigenvalue weighted by molar-refractivity contribution is -0.123. The van der Waals surface area contributed by atoms with Crippen LogP contribution < -0.4 is 20.7 Å². The number of benzene rings is 1. The average molecular weight is 358 g/mol. The first kappa shape index (κ1) is 18.5. The number of carbonyl (C=O) groups excluding carboxylic acids is 1. The summed E-state index contributed by atoms with van der Waals surface area (Å²) < 4.78 is 5.53. The molecule has 0 aromatic heterocycles. The van der Waals surface area contributed by atoms with E-state index < -0.39 is 0 Å². The standard InChI is InChI=1S/C20H30N4O2/c1-21-20(24-16-4-2-3-5-16)22-13-12-15-6-10-18(11-7-15)26-14-19(25)23-17-8-9-17/h6-7,10-11,16-17H,2-5,8-9,12-14H2,1H3,(H,23,25)(H2,21,22,24). The summed E-state index contributed by atoms with van der Waals surface area (Å²) in [7, 11) is 1.82. The molecule has 0 spiro atoms. The Bertz CT molecular complexity index is 605. The minimum atomic E-state index is -0.0399. The molecule has 2 aliphatic rings. The van der Waals surface area contributed by atoms with Gasteiger partial charge in [0.15, 0.2) is 12.6 Å². The zero-order valence-corrected chi connectivity index (χ0v) is 15.6. The number of hydrogen-bond donors (Lipinski definition) is 3. The van der Waals surface area contributed by atoms with Crippen molar-refractivity contribution in [1.29, 1.82) is 0 Å². The van der Waals surface area contributed by atoms with Crippen LogP contribution in [0.4, 0.5) is 0 Å². The minimum Gasteiger partial charge on any atom is -0.484 e. The molecule has 6 nitrogen and oxygen atoms in total. The molecule has 142 valence electrons. The number of nitrogens with zero attached hydrogens (tertiary/aromatic N) is 1. The van der Waals surface area contributed by atoms with Gasteiger partial charge in [0.1, 0.15) is 5.75 Å². The predicted octanol–water partition coefficient (Wildman–Crippen LogP) is 1.99. The van der Waals surface area contributed by atoms with Crippen molar-refractivity contribution < 1.29 is 9.53 Å². The quantitative estimate of drug-likeness (QED) is 0.491. The molecule has 0 atom stereocenters. The molecule has 0 unspecified atom stereocenters. The van der Waals surface area contributed by atoms with Crippen LogP contribution in [-0.4, -0.2) is 44.1 Å². The van der Waals surface area contributed by atoms with E-state index in [0.29, 0.717) is 12.1 Å². The summed E-state index contributed by atoms with van der Waals surface area (Å²) in [5.41, 5.74) is 1.23. The number of ether oxygens (including phenoxy) is 1. The highest BCUT2D eigenvalue weighted by Gasteiger charge is 2.23. The highest BCUT2D eigenvalue weighted by molar-refractivity contribution is 5.80. The molecule has 2 fully saturated rings. The van der Waals surface area contributed by atoms with Crippen LogP contribution in [-0.2, 0) is 11.2 Å². The van der Waals surface area contributed by atoms with Gasteiger partial charge in [0.2, 0.25) is 0 Å². The Morgan fingerprint density at radius 3 is 2.42 bits per heavy atom. The molecule has 6 heteroatoms. The van der Waals surface area contributed by atoms with Gasteiger partial charge < -0.3 is 20.7 Å². The third-order valence-electron chi connectivity index (χ3n) is 4.86. The molecule has 1 amide bonds. The number of aliphatic imine (C=N–C) groups is 1. The van der Waals surface area contributed by atoms with Crippen molar-refractivity contribution in [2.24, 2.45) is 4.99 Å². The fraction of sp³-hybridized carbons (Fsp3) is 0.600. The Hall–Kier alpha value is -2.24. The van der Waals surface area contributed by atoms with Crippen molar-refractivity contribution in [3.05, 3.63) is 29.8 Å². The van der Waals surface area contributed by atoms with E-state index in [1.54, 1.807) is 0 Å². The van der Waals surface area contributed by atoms with Gasteiger partial charge in [0.25, 0.3) is 5.91 Å². The van der Waals surface area contributed by atoms with Crippen LogP contribution in [0.3, 0.4) is 0 Å². The van der Waals surface area contributed by atoms with Crippen molar-refractivity contribution in [3.8, 4) is 5.75 Å². The van der Waals surface area contributed by atoms with E-state index in [2.05, 4.69) is 20.9 Å². The van der Waals surface area contributed by atoms with E-state index in [1.165, 1.54) is 31.2 Å². The summed E-state index contributed by atoms with van der Waals surface area (Å²) in [5.74, 6) is 1.58. The van der Waals surface area contributed by atoms with Crippen molar-refractivity contribution in [2.45, 2.75) is 57.0 Å². The molecule has 0 bridgehead atoms. The van der Waals surface area contributed by atoms with Crippen LogP contribution in [0.2, 0.25) is 0 Å².